The lowest BCUT2D eigenvalue weighted by molar-refractivity contribution is 0.391. The summed E-state index contributed by atoms with van der Waals surface area (Å²) in [7, 11) is 2.19. The highest BCUT2D eigenvalue weighted by molar-refractivity contribution is 5.82. The van der Waals surface area contributed by atoms with Gasteiger partial charge in [0.25, 0.3) is 0 Å². The maximum Gasteiger partial charge on any atom is 0.0740 e. The molecule has 2 heteroatoms. The van der Waals surface area contributed by atoms with Crippen molar-refractivity contribution in [3.63, 3.8) is 0 Å². The van der Waals surface area contributed by atoms with Gasteiger partial charge in [0.05, 0.1) is 5.69 Å². The van der Waals surface area contributed by atoms with Crippen molar-refractivity contribution in [3.05, 3.63) is 40.4 Å². The van der Waals surface area contributed by atoms with Gasteiger partial charge in [0.2, 0.25) is 0 Å². The summed E-state index contributed by atoms with van der Waals surface area (Å²) in [5.74, 6) is 0.958. The van der Waals surface area contributed by atoms with E-state index in [0.717, 1.165) is 5.69 Å². The average molecular weight is 313 g/mol. The van der Waals surface area contributed by atoms with Crippen LogP contribution in [-0.4, -0.2) is 23.0 Å². The molecule has 0 fully saturated rings. The Balaban J connectivity index is 2.93. The highest BCUT2D eigenvalue weighted by atomic mass is 15.1. The molecule has 1 aromatic heterocycles. The van der Waals surface area contributed by atoms with Gasteiger partial charge in [-0.1, -0.05) is 27.7 Å². The molecule has 0 unspecified atom stereocenters. The zero-order chi connectivity index (χ0) is 17.5. The molecule has 0 saturated heterocycles. The minimum Gasteiger partial charge on any atom is -0.374 e. The number of fused-ring (bicyclic) bond motifs is 1. The van der Waals surface area contributed by atoms with Crippen LogP contribution in [-0.2, 0) is 0 Å². The Bertz CT molecular complexity index is 663. The van der Waals surface area contributed by atoms with Gasteiger partial charge in [0.1, 0.15) is 0 Å². The molecule has 0 spiro atoms. The van der Waals surface area contributed by atoms with E-state index >= 15 is 0 Å². The molecular formula is C21H32N2. The van der Waals surface area contributed by atoms with E-state index in [4.69, 9.17) is 4.98 Å². The summed E-state index contributed by atoms with van der Waals surface area (Å²) in [6.07, 6.45) is 2.34. The minimum absolute atomic E-state index is 0.390. The SMILES string of the molecule is C/C1=C(\C)[C@H](C)N(C)/C=C(/C(C)C)c2c(C(C)C)cc(C)nc21. The first-order valence-corrected chi connectivity index (χ1v) is 8.78. The maximum atomic E-state index is 4.96. The molecule has 1 aliphatic heterocycles. The number of rotatable bonds is 2. The number of pyridine rings is 1. The molecule has 1 aromatic rings. The molecule has 2 heterocycles. The normalized spacial score (nSPS) is 24.4. The predicted molar refractivity (Wildman–Crippen MR) is 101 cm³/mol. The van der Waals surface area contributed by atoms with Gasteiger partial charge in [0.15, 0.2) is 0 Å². The highest BCUT2D eigenvalue weighted by Gasteiger charge is 2.25. The van der Waals surface area contributed by atoms with Crippen LogP contribution in [0.5, 0.6) is 0 Å². The molecule has 126 valence electrons. The first kappa shape index (κ1) is 17.8. The van der Waals surface area contributed by atoms with E-state index in [0.29, 0.717) is 17.9 Å². The smallest absolute Gasteiger partial charge is 0.0740 e. The van der Waals surface area contributed by atoms with E-state index < -0.39 is 0 Å². The van der Waals surface area contributed by atoms with Crippen LogP contribution in [0.25, 0.3) is 11.1 Å². The van der Waals surface area contributed by atoms with Crippen molar-refractivity contribution in [1.82, 2.24) is 9.88 Å². The fourth-order valence-corrected chi connectivity index (χ4v) is 3.37. The second-order valence-electron chi connectivity index (χ2n) is 7.62. The molecule has 1 aliphatic rings. The van der Waals surface area contributed by atoms with Crippen LogP contribution in [0.3, 0.4) is 0 Å². The Labute approximate surface area is 142 Å². The molecule has 0 bridgehead atoms. The molecule has 0 aromatic carbocycles. The lowest BCUT2D eigenvalue weighted by Crippen LogP contribution is -2.28. The van der Waals surface area contributed by atoms with Gasteiger partial charge in [-0.3, -0.25) is 4.98 Å². The second kappa shape index (κ2) is 6.51. The molecule has 2 nitrogen and oxygen atoms in total. The summed E-state index contributed by atoms with van der Waals surface area (Å²) in [5, 5.41) is 0. The Morgan fingerprint density at radius 1 is 1.04 bits per heavy atom. The summed E-state index contributed by atoms with van der Waals surface area (Å²) < 4.78 is 0. The zero-order valence-electron chi connectivity index (χ0n) is 16.3. The van der Waals surface area contributed by atoms with Crippen molar-refractivity contribution in [2.45, 2.75) is 67.3 Å². The van der Waals surface area contributed by atoms with E-state index in [1.165, 1.54) is 33.5 Å². The Kier molecular flexibility index (Phi) is 5.03. The Morgan fingerprint density at radius 2 is 1.65 bits per heavy atom. The molecule has 0 radical (unpaired) electrons. The first-order valence-electron chi connectivity index (χ1n) is 8.78. The monoisotopic (exact) mass is 312 g/mol. The van der Waals surface area contributed by atoms with Crippen molar-refractivity contribution >= 4 is 11.1 Å². The standard InChI is InChI=1S/C21H32N2/c1-12(2)18-10-14(5)22-21-16(7)15(6)17(8)23(9)11-19(13(3)4)20(18)21/h10-13,17H,1-9H3/b16-15-,19-11-/t17-/m0/s1. The Morgan fingerprint density at radius 3 is 2.17 bits per heavy atom. The summed E-state index contributed by atoms with van der Waals surface area (Å²) in [4.78, 5) is 7.31. The van der Waals surface area contributed by atoms with Crippen molar-refractivity contribution in [2.75, 3.05) is 7.05 Å². The van der Waals surface area contributed by atoms with Crippen LogP contribution in [0.1, 0.15) is 76.9 Å². The number of likely N-dealkylation sites (N-methyl/N-ethyl adjacent to an activating group) is 1. The fraction of sp³-hybridized carbons (Fsp3) is 0.571. The van der Waals surface area contributed by atoms with Gasteiger partial charge in [-0.15, -0.1) is 0 Å². The minimum atomic E-state index is 0.390. The first-order chi connectivity index (χ1) is 10.6. The number of hydrogen-bond donors (Lipinski definition) is 0. The van der Waals surface area contributed by atoms with E-state index in [-0.39, 0.29) is 0 Å². The molecular weight excluding hydrogens is 280 g/mol. The van der Waals surface area contributed by atoms with E-state index in [2.05, 4.69) is 79.6 Å². The molecule has 0 saturated carbocycles. The molecule has 2 rings (SSSR count). The lowest BCUT2D eigenvalue weighted by Gasteiger charge is -2.32. The Hall–Kier alpha value is -1.57. The van der Waals surface area contributed by atoms with E-state index in [1.54, 1.807) is 0 Å². The fourth-order valence-electron chi connectivity index (χ4n) is 3.37. The van der Waals surface area contributed by atoms with Crippen molar-refractivity contribution < 1.29 is 0 Å². The van der Waals surface area contributed by atoms with Gasteiger partial charge >= 0.3 is 0 Å². The summed E-state index contributed by atoms with van der Waals surface area (Å²) in [6, 6.07) is 2.66. The molecule has 0 N–H and O–H groups in total. The summed E-state index contributed by atoms with van der Waals surface area (Å²) >= 11 is 0. The van der Waals surface area contributed by atoms with Gasteiger partial charge in [-0.25, -0.2) is 0 Å². The number of aromatic nitrogens is 1. The van der Waals surface area contributed by atoms with E-state index in [1.807, 2.05) is 0 Å². The van der Waals surface area contributed by atoms with Gasteiger partial charge in [-0.05, 0) is 67.9 Å². The molecule has 1 atom stereocenters. The van der Waals surface area contributed by atoms with Crippen molar-refractivity contribution in [1.29, 1.82) is 0 Å². The van der Waals surface area contributed by atoms with Crippen LogP contribution in [0, 0.1) is 12.8 Å². The average Bonchev–Trinajstić information content (AvgIpc) is 2.48. The second-order valence-corrected chi connectivity index (χ2v) is 7.62. The lowest BCUT2D eigenvalue weighted by atomic mass is 9.83. The van der Waals surface area contributed by atoms with Crippen molar-refractivity contribution in [2.24, 2.45) is 5.92 Å². The summed E-state index contributed by atoms with van der Waals surface area (Å²) in [5.41, 5.74) is 9.21. The van der Waals surface area contributed by atoms with Gasteiger partial charge < -0.3 is 4.90 Å². The molecule has 23 heavy (non-hydrogen) atoms. The summed E-state index contributed by atoms with van der Waals surface area (Å²) in [6.45, 7) is 18.0. The highest BCUT2D eigenvalue weighted by Crippen LogP contribution is 2.39. The van der Waals surface area contributed by atoms with Crippen LogP contribution in [0.2, 0.25) is 0 Å². The van der Waals surface area contributed by atoms with Crippen LogP contribution in [0.4, 0.5) is 0 Å². The third-order valence-corrected chi connectivity index (χ3v) is 5.24. The zero-order valence-corrected chi connectivity index (χ0v) is 16.3. The van der Waals surface area contributed by atoms with Gasteiger partial charge in [0, 0.05) is 30.5 Å². The van der Waals surface area contributed by atoms with Crippen LogP contribution >= 0.6 is 0 Å². The number of allylic oxidation sites excluding steroid dienone is 2. The number of aryl methyl sites for hydroxylation is 1. The van der Waals surface area contributed by atoms with E-state index in [9.17, 15) is 0 Å². The van der Waals surface area contributed by atoms with Crippen LogP contribution < -0.4 is 0 Å². The van der Waals surface area contributed by atoms with Crippen molar-refractivity contribution in [3.8, 4) is 0 Å². The quantitative estimate of drug-likeness (QED) is 0.702. The molecule has 0 amide bonds. The maximum absolute atomic E-state index is 4.96. The third-order valence-electron chi connectivity index (χ3n) is 5.24. The van der Waals surface area contributed by atoms with Gasteiger partial charge in [-0.2, -0.15) is 0 Å². The number of hydrogen-bond acceptors (Lipinski definition) is 2. The predicted octanol–water partition coefficient (Wildman–Crippen LogP) is 5.64. The third kappa shape index (κ3) is 3.22. The number of nitrogens with zero attached hydrogens (tertiary/aromatic N) is 2. The largest absolute Gasteiger partial charge is 0.374 e. The molecule has 0 aliphatic carbocycles. The van der Waals surface area contributed by atoms with Crippen LogP contribution in [0.15, 0.2) is 17.8 Å². The topological polar surface area (TPSA) is 16.1 Å².